The van der Waals surface area contributed by atoms with Crippen molar-refractivity contribution in [3.63, 3.8) is 0 Å². The summed E-state index contributed by atoms with van der Waals surface area (Å²) in [5.74, 6) is -22.5. The molecular weight excluding hydrogens is 555 g/mol. The third-order valence-electron chi connectivity index (χ3n) is 7.06. The number of ether oxygens (including phenoxy) is 3. The molecule has 0 heterocycles. The van der Waals surface area contributed by atoms with Gasteiger partial charge >= 0.3 is 41.9 Å². The van der Waals surface area contributed by atoms with Gasteiger partial charge < -0.3 is 14.2 Å². The van der Waals surface area contributed by atoms with Crippen LogP contribution in [0.4, 0.5) is 39.5 Å². The summed E-state index contributed by atoms with van der Waals surface area (Å²) in [7, 11) is 0. The summed E-state index contributed by atoms with van der Waals surface area (Å²) in [6, 6.07) is 0. The number of carbonyl (C=O) groups excluding carboxylic acids is 3. The van der Waals surface area contributed by atoms with Gasteiger partial charge in [0.05, 0.1) is 25.0 Å². The number of hydrogen-bond acceptors (Lipinski definition) is 6. The third-order valence-corrected chi connectivity index (χ3v) is 7.06. The first-order valence-corrected chi connectivity index (χ1v) is 12.1. The predicted octanol–water partition coefficient (Wildman–Crippen LogP) is 6.03. The lowest BCUT2D eigenvalue weighted by molar-refractivity contribution is -0.397. The van der Waals surface area contributed by atoms with Gasteiger partial charge in [-0.15, -0.1) is 0 Å². The zero-order chi connectivity index (χ0) is 29.9. The van der Waals surface area contributed by atoms with Crippen LogP contribution in [0.5, 0.6) is 0 Å². The Labute approximate surface area is 218 Å². The maximum Gasteiger partial charge on any atom is 0.460 e. The molecule has 2 rings (SSSR count). The number of rotatable bonds is 12. The monoisotopic (exact) mass is 584 g/mol. The van der Waals surface area contributed by atoms with E-state index in [0.29, 0.717) is 12.8 Å². The van der Waals surface area contributed by atoms with Crippen LogP contribution in [-0.4, -0.2) is 61.7 Å². The molecule has 0 amide bonds. The van der Waals surface area contributed by atoms with Crippen LogP contribution >= 0.6 is 0 Å². The molecule has 2 aliphatic carbocycles. The van der Waals surface area contributed by atoms with Crippen molar-refractivity contribution in [2.45, 2.75) is 82.2 Å². The summed E-state index contributed by atoms with van der Waals surface area (Å²) in [6.07, 6.45) is -4.95. The molecule has 0 spiro atoms. The van der Waals surface area contributed by atoms with Crippen molar-refractivity contribution in [2.75, 3.05) is 19.8 Å². The molecule has 0 saturated heterocycles. The van der Waals surface area contributed by atoms with Gasteiger partial charge in [0.1, 0.15) is 0 Å². The first kappa shape index (κ1) is 32.7. The standard InChI is InChI=1S/C24H29F9O6/c1-14(2)18(35)38-8-6-20(11-15-4-3-5-16(10-15)12-20)19(36)39-13-17(34)37-9-7-21(25,26)22(27,28)23(29,30)24(31,32)33/h15-16H,1,3-13H2,2H3. The van der Waals surface area contributed by atoms with E-state index in [1.165, 1.54) is 6.92 Å². The Morgan fingerprint density at radius 2 is 1.41 bits per heavy atom. The summed E-state index contributed by atoms with van der Waals surface area (Å²) < 4.78 is 130. The maximum atomic E-state index is 13.6. The van der Waals surface area contributed by atoms with Crippen molar-refractivity contribution in [3.05, 3.63) is 12.2 Å². The highest BCUT2D eigenvalue weighted by Crippen LogP contribution is 2.54. The van der Waals surface area contributed by atoms with E-state index in [4.69, 9.17) is 9.47 Å². The number of carbonyl (C=O) groups is 3. The molecule has 2 saturated carbocycles. The minimum atomic E-state index is -7.05. The Bertz CT molecular complexity index is 920. The third kappa shape index (κ3) is 7.38. The van der Waals surface area contributed by atoms with Gasteiger partial charge in [0.25, 0.3) is 0 Å². The summed E-state index contributed by atoms with van der Waals surface area (Å²) in [4.78, 5) is 36.6. The summed E-state index contributed by atoms with van der Waals surface area (Å²) in [5, 5.41) is 0. The smallest absolute Gasteiger partial charge is 0.460 e. The van der Waals surface area contributed by atoms with Crippen molar-refractivity contribution in [3.8, 4) is 0 Å². The first-order valence-electron chi connectivity index (χ1n) is 12.1. The minimum absolute atomic E-state index is 0.0572. The van der Waals surface area contributed by atoms with Crippen LogP contribution in [0.15, 0.2) is 12.2 Å². The molecular formula is C24H29F9O6. The fourth-order valence-corrected chi connectivity index (χ4v) is 5.07. The fraction of sp³-hybridized carbons (Fsp3) is 0.792. The minimum Gasteiger partial charge on any atom is -0.463 e. The van der Waals surface area contributed by atoms with Gasteiger partial charge in [-0.1, -0.05) is 25.8 Å². The van der Waals surface area contributed by atoms with E-state index < -0.39 is 66.9 Å². The van der Waals surface area contributed by atoms with Crippen molar-refractivity contribution in [1.29, 1.82) is 0 Å². The Hall–Kier alpha value is -2.48. The molecule has 0 aromatic heterocycles. The molecule has 0 aromatic rings. The Morgan fingerprint density at radius 1 is 0.846 bits per heavy atom. The van der Waals surface area contributed by atoms with Crippen LogP contribution in [0.2, 0.25) is 0 Å². The predicted molar refractivity (Wildman–Crippen MR) is 115 cm³/mol. The molecule has 15 heteroatoms. The van der Waals surface area contributed by atoms with Crippen molar-refractivity contribution < 1.29 is 68.1 Å². The molecule has 2 bridgehead atoms. The Kier molecular flexibility index (Phi) is 10.0. The number of hydrogen-bond donors (Lipinski definition) is 0. The average molecular weight is 584 g/mol. The van der Waals surface area contributed by atoms with Gasteiger partial charge in [-0.25, -0.2) is 9.59 Å². The number of esters is 3. The van der Waals surface area contributed by atoms with Crippen LogP contribution in [-0.2, 0) is 28.6 Å². The summed E-state index contributed by atoms with van der Waals surface area (Å²) in [6.45, 7) is 1.92. The molecule has 39 heavy (non-hydrogen) atoms. The lowest BCUT2D eigenvalue weighted by Crippen LogP contribution is -2.61. The van der Waals surface area contributed by atoms with Crippen LogP contribution < -0.4 is 0 Å². The SMILES string of the molecule is C=C(C)C(=O)OCCC1(C(=O)OCC(=O)OCCC(F)(F)C(F)(F)C(F)(F)C(F)(F)F)CC2CCCC(C2)C1. The van der Waals surface area contributed by atoms with E-state index in [1.807, 2.05) is 0 Å². The zero-order valence-corrected chi connectivity index (χ0v) is 21.0. The van der Waals surface area contributed by atoms with Gasteiger partial charge in [-0.3, -0.25) is 4.79 Å². The molecule has 224 valence electrons. The topological polar surface area (TPSA) is 78.9 Å². The molecule has 2 fully saturated rings. The lowest BCUT2D eigenvalue weighted by atomic mass is 9.59. The van der Waals surface area contributed by atoms with Crippen LogP contribution in [0, 0.1) is 17.3 Å². The van der Waals surface area contributed by atoms with Crippen LogP contribution in [0.25, 0.3) is 0 Å². The molecule has 0 radical (unpaired) electrons. The quantitative estimate of drug-likeness (QED) is 0.121. The lowest BCUT2D eigenvalue weighted by Gasteiger charge is -2.45. The summed E-state index contributed by atoms with van der Waals surface area (Å²) >= 11 is 0. The number of halogens is 9. The van der Waals surface area contributed by atoms with Gasteiger partial charge in [0.2, 0.25) is 0 Å². The molecule has 6 nitrogen and oxygen atoms in total. The van der Waals surface area contributed by atoms with Crippen LogP contribution in [0.3, 0.4) is 0 Å². The Morgan fingerprint density at radius 3 is 1.92 bits per heavy atom. The second kappa shape index (κ2) is 11.9. The molecule has 2 aliphatic rings. The van der Waals surface area contributed by atoms with Crippen LogP contribution in [0.1, 0.15) is 58.3 Å². The van der Waals surface area contributed by atoms with Gasteiger partial charge in [-0.05, 0) is 44.4 Å². The highest BCUT2D eigenvalue weighted by atomic mass is 19.4. The van der Waals surface area contributed by atoms with E-state index >= 15 is 0 Å². The highest BCUT2D eigenvalue weighted by molar-refractivity contribution is 5.87. The molecule has 2 atom stereocenters. The second-order valence-electron chi connectivity index (χ2n) is 10.2. The van der Waals surface area contributed by atoms with Crippen molar-refractivity contribution >= 4 is 17.9 Å². The number of alkyl halides is 9. The van der Waals surface area contributed by atoms with E-state index in [9.17, 15) is 53.9 Å². The zero-order valence-electron chi connectivity index (χ0n) is 21.0. The maximum absolute atomic E-state index is 13.6. The Balaban J connectivity index is 1.96. The van der Waals surface area contributed by atoms with Gasteiger partial charge in [0.15, 0.2) is 6.61 Å². The highest BCUT2D eigenvalue weighted by Gasteiger charge is 2.81. The molecule has 0 aromatic carbocycles. The molecule has 2 unspecified atom stereocenters. The van der Waals surface area contributed by atoms with E-state index in [0.717, 1.165) is 25.7 Å². The molecule has 0 N–H and O–H groups in total. The van der Waals surface area contributed by atoms with E-state index in [2.05, 4.69) is 11.3 Å². The van der Waals surface area contributed by atoms with E-state index in [-0.39, 0.29) is 30.4 Å². The largest absolute Gasteiger partial charge is 0.463 e. The molecule has 0 aliphatic heterocycles. The van der Waals surface area contributed by atoms with E-state index in [1.54, 1.807) is 0 Å². The normalized spacial score (nSPS) is 24.1. The number of fused-ring (bicyclic) bond motifs is 2. The van der Waals surface area contributed by atoms with Gasteiger partial charge in [0, 0.05) is 5.57 Å². The second-order valence-corrected chi connectivity index (χ2v) is 10.2. The average Bonchev–Trinajstić information content (AvgIpc) is 2.81. The van der Waals surface area contributed by atoms with Crippen molar-refractivity contribution in [1.82, 2.24) is 0 Å². The first-order chi connectivity index (χ1) is 17.8. The van der Waals surface area contributed by atoms with Crippen molar-refractivity contribution in [2.24, 2.45) is 17.3 Å². The van der Waals surface area contributed by atoms with Gasteiger partial charge in [-0.2, -0.15) is 39.5 Å². The fourth-order valence-electron chi connectivity index (χ4n) is 5.07. The summed E-state index contributed by atoms with van der Waals surface area (Å²) in [5.41, 5.74) is -0.998.